The summed E-state index contributed by atoms with van der Waals surface area (Å²) in [5.74, 6) is 4.00. The molecule has 0 bridgehead atoms. The second-order valence-electron chi connectivity index (χ2n) is 17.4. The first-order valence-corrected chi connectivity index (χ1v) is 21.0. The zero-order valence-corrected chi connectivity index (χ0v) is 30.5. The van der Waals surface area contributed by atoms with Crippen LogP contribution in [0.3, 0.4) is 0 Å². The molecular formula is C49H57NO. The monoisotopic (exact) mass is 675 g/mol. The molecule has 0 spiro atoms. The Balaban J connectivity index is 0.981. The highest BCUT2D eigenvalue weighted by Gasteiger charge is 2.43. The van der Waals surface area contributed by atoms with E-state index < -0.39 is 0 Å². The number of allylic oxidation sites excluding steroid dienone is 18. The van der Waals surface area contributed by atoms with Gasteiger partial charge in [-0.25, -0.2) is 0 Å². The first kappa shape index (κ1) is 32.3. The van der Waals surface area contributed by atoms with Gasteiger partial charge in [0.2, 0.25) is 0 Å². The molecule has 0 aromatic heterocycles. The van der Waals surface area contributed by atoms with Crippen molar-refractivity contribution in [3.05, 3.63) is 142 Å². The normalized spacial score (nSPS) is 39.7. The van der Waals surface area contributed by atoms with Gasteiger partial charge < -0.3 is 10.1 Å². The lowest BCUT2D eigenvalue weighted by Gasteiger charge is -2.45. The second-order valence-corrected chi connectivity index (χ2v) is 17.4. The Labute approximate surface area is 307 Å². The number of nitrogens with one attached hydrogen (secondary N) is 1. The average molecular weight is 676 g/mol. The van der Waals surface area contributed by atoms with Gasteiger partial charge in [0.15, 0.2) is 0 Å². The number of fused-ring (bicyclic) bond motifs is 5. The zero-order chi connectivity index (χ0) is 33.7. The molecule has 2 nitrogen and oxygen atoms in total. The van der Waals surface area contributed by atoms with Gasteiger partial charge in [0.25, 0.3) is 0 Å². The summed E-state index contributed by atoms with van der Waals surface area (Å²) in [5, 5.41) is 4.31. The first-order valence-electron chi connectivity index (χ1n) is 21.0. The van der Waals surface area contributed by atoms with Crippen molar-refractivity contribution in [1.82, 2.24) is 5.32 Å². The van der Waals surface area contributed by atoms with Crippen molar-refractivity contribution >= 4 is 0 Å². The molecule has 1 N–H and O–H groups in total. The van der Waals surface area contributed by atoms with Gasteiger partial charge >= 0.3 is 0 Å². The van der Waals surface area contributed by atoms with E-state index in [1.165, 1.54) is 107 Å². The summed E-state index contributed by atoms with van der Waals surface area (Å²) in [6.45, 7) is 0. The van der Waals surface area contributed by atoms with Gasteiger partial charge in [-0.05, 0) is 142 Å². The molecule has 0 aromatic carbocycles. The van der Waals surface area contributed by atoms with Gasteiger partial charge in [0.05, 0.1) is 12.2 Å². The third-order valence-electron chi connectivity index (χ3n) is 14.5. The van der Waals surface area contributed by atoms with Gasteiger partial charge in [-0.15, -0.1) is 0 Å². The smallest absolute Gasteiger partial charge is 0.0837 e. The fourth-order valence-corrected chi connectivity index (χ4v) is 11.8. The van der Waals surface area contributed by atoms with Crippen LogP contribution < -0.4 is 5.32 Å². The Morgan fingerprint density at radius 3 is 2.25 bits per heavy atom. The van der Waals surface area contributed by atoms with E-state index in [0.29, 0.717) is 35.6 Å². The molecule has 10 rings (SSSR count). The third-order valence-corrected chi connectivity index (χ3v) is 14.5. The molecule has 2 heterocycles. The van der Waals surface area contributed by atoms with Gasteiger partial charge in [-0.2, -0.15) is 0 Å². The standard InChI is InChI=1S/C49H57NO/c1-3-11-32(12-4-1)38-26-39(33-13-5-2-6-14-33)28-41(27-38)47-31-40(35-21-23-43-36(25-35)20-19-34-15-7-8-16-42(34)43)30-46(50-47)37-22-24-49-45(29-37)44-17-9-10-18-48(44)51-49/h8-11,13,16-22,24-25,29-30,38-41,43-45,47-50H,1-7,12,14-15,23,26-28,31H2. The predicted octanol–water partition coefficient (Wildman–Crippen LogP) is 11.6. The molecule has 264 valence electrons. The van der Waals surface area contributed by atoms with E-state index in [2.05, 4.69) is 103 Å². The minimum atomic E-state index is 0.174. The molecule has 0 aromatic rings. The summed E-state index contributed by atoms with van der Waals surface area (Å²) < 4.78 is 6.51. The number of ether oxygens (including phenoxy) is 1. The van der Waals surface area contributed by atoms with Crippen molar-refractivity contribution in [3.8, 4) is 0 Å². The summed E-state index contributed by atoms with van der Waals surface area (Å²) in [5.41, 5.74) is 12.6. The van der Waals surface area contributed by atoms with Crippen molar-refractivity contribution in [2.75, 3.05) is 0 Å². The number of hydrogen-bond donors (Lipinski definition) is 1. The maximum atomic E-state index is 6.51. The summed E-state index contributed by atoms with van der Waals surface area (Å²) in [4.78, 5) is 0. The van der Waals surface area contributed by atoms with Crippen LogP contribution in [0.2, 0.25) is 0 Å². The van der Waals surface area contributed by atoms with Crippen LogP contribution in [0.25, 0.3) is 0 Å². The molecule has 2 aliphatic heterocycles. The van der Waals surface area contributed by atoms with Crippen LogP contribution in [0.15, 0.2) is 142 Å². The Kier molecular flexibility index (Phi) is 8.80. The van der Waals surface area contributed by atoms with Crippen molar-refractivity contribution in [2.45, 2.75) is 115 Å². The lowest BCUT2D eigenvalue weighted by Crippen LogP contribution is -2.44. The lowest BCUT2D eigenvalue weighted by atomic mass is 9.64. The van der Waals surface area contributed by atoms with Crippen molar-refractivity contribution < 1.29 is 4.74 Å². The fraction of sp³-hybridized carbons (Fsp3) is 0.510. The van der Waals surface area contributed by atoms with Crippen molar-refractivity contribution in [1.29, 1.82) is 0 Å². The van der Waals surface area contributed by atoms with E-state index in [4.69, 9.17) is 4.74 Å². The Morgan fingerprint density at radius 2 is 1.45 bits per heavy atom. The molecule has 9 atom stereocenters. The van der Waals surface area contributed by atoms with Gasteiger partial charge in [0.1, 0.15) is 0 Å². The summed E-state index contributed by atoms with van der Waals surface area (Å²) in [7, 11) is 0. The molecular weight excluding hydrogens is 619 g/mol. The van der Waals surface area contributed by atoms with E-state index in [9.17, 15) is 0 Å². The van der Waals surface area contributed by atoms with E-state index in [1.807, 2.05) is 11.1 Å². The Hall–Kier alpha value is -3.36. The number of rotatable bonds is 5. The van der Waals surface area contributed by atoms with E-state index in [0.717, 1.165) is 18.3 Å². The summed E-state index contributed by atoms with van der Waals surface area (Å²) in [6, 6.07) is 0.486. The second kappa shape index (κ2) is 13.9. The molecule has 2 fully saturated rings. The molecule has 51 heavy (non-hydrogen) atoms. The van der Waals surface area contributed by atoms with Crippen LogP contribution in [0.5, 0.6) is 0 Å². The van der Waals surface area contributed by atoms with Gasteiger partial charge in [-0.1, -0.05) is 108 Å². The van der Waals surface area contributed by atoms with Crippen LogP contribution in [0.1, 0.15) is 96.3 Å². The first-order chi connectivity index (χ1) is 25.2. The van der Waals surface area contributed by atoms with Gasteiger partial charge in [0, 0.05) is 35.4 Å². The highest BCUT2D eigenvalue weighted by Crippen LogP contribution is 2.49. The lowest BCUT2D eigenvalue weighted by molar-refractivity contribution is 0.0882. The van der Waals surface area contributed by atoms with Crippen LogP contribution in [-0.4, -0.2) is 18.2 Å². The Morgan fingerprint density at radius 1 is 0.647 bits per heavy atom. The molecule has 8 aliphatic carbocycles. The summed E-state index contributed by atoms with van der Waals surface area (Å²) in [6.07, 6.45) is 59.3. The molecule has 2 heteroatoms. The largest absolute Gasteiger partial charge is 0.382 e. The minimum absolute atomic E-state index is 0.174. The zero-order valence-electron chi connectivity index (χ0n) is 30.5. The SMILES string of the molecule is C1=CC2OC3C=CC(C4=CC(C5=CCC6C(=C5)C=CC5=C6C=CCC5)CC(C5CC(C6=CCCCC6)CC(C6=CCCCC6)C5)N4)=CC3C2C=C1. The molecule has 0 radical (unpaired) electrons. The average Bonchev–Trinajstić information content (AvgIpc) is 3.59. The maximum absolute atomic E-state index is 6.51. The van der Waals surface area contributed by atoms with Crippen LogP contribution >= 0.6 is 0 Å². The van der Waals surface area contributed by atoms with Crippen molar-refractivity contribution in [3.63, 3.8) is 0 Å². The molecule has 10 aliphatic rings. The third kappa shape index (κ3) is 6.28. The predicted molar refractivity (Wildman–Crippen MR) is 210 cm³/mol. The quantitative estimate of drug-likeness (QED) is 0.293. The highest BCUT2D eigenvalue weighted by molar-refractivity contribution is 5.54. The molecule has 0 amide bonds. The van der Waals surface area contributed by atoms with E-state index in [1.54, 1.807) is 16.7 Å². The van der Waals surface area contributed by atoms with E-state index in [-0.39, 0.29) is 12.2 Å². The number of hydrogen-bond acceptors (Lipinski definition) is 2. The van der Waals surface area contributed by atoms with Crippen LogP contribution in [-0.2, 0) is 4.74 Å². The van der Waals surface area contributed by atoms with Crippen LogP contribution in [0.4, 0.5) is 0 Å². The summed E-state index contributed by atoms with van der Waals surface area (Å²) >= 11 is 0. The fourth-order valence-electron chi connectivity index (χ4n) is 11.8. The molecule has 1 saturated carbocycles. The van der Waals surface area contributed by atoms with Crippen LogP contribution in [0, 0.1) is 41.4 Å². The van der Waals surface area contributed by atoms with Crippen molar-refractivity contribution in [2.24, 2.45) is 41.4 Å². The van der Waals surface area contributed by atoms with E-state index >= 15 is 0 Å². The molecule has 9 unspecified atom stereocenters. The maximum Gasteiger partial charge on any atom is 0.0837 e. The topological polar surface area (TPSA) is 21.3 Å². The van der Waals surface area contributed by atoms with Gasteiger partial charge in [-0.3, -0.25) is 0 Å². The minimum Gasteiger partial charge on any atom is -0.382 e. The molecule has 1 saturated heterocycles. The highest BCUT2D eigenvalue weighted by atomic mass is 16.5. The Bertz CT molecular complexity index is 1760.